The van der Waals surface area contributed by atoms with Gasteiger partial charge in [-0.05, 0) is 49.9 Å². The molecule has 6 nitrogen and oxygen atoms in total. The van der Waals surface area contributed by atoms with Crippen molar-refractivity contribution in [3.8, 4) is 0 Å². The van der Waals surface area contributed by atoms with Crippen LogP contribution in [-0.2, 0) is 11.0 Å². The fourth-order valence-electron chi connectivity index (χ4n) is 4.68. The van der Waals surface area contributed by atoms with Crippen molar-refractivity contribution in [3.05, 3.63) is 29.8 Å². The normalized spacial score (nSPS) is 28.2. The Bertz CT molecular complexity index is 739. The highest BCUT2D eigenvalue weighted by Crippen LogP contribution is 2.38. The Morgan fingerprint density at radius 2 is 1.71 bits per heavy atom. The molecule has 3 aliphatic heterocycles. The lowest BCUT2D eigenvalue weighted by Crippen LogP contribution is -2.57. The molecule has 0 aromatic heterocycles. The fraction of sp³-hybridized carbons (Fsp3) is 0.579. The Kier molecular flexibility index (Phi) is 4.95. The smallest absolute Gasteiger partial charge is 0.354 e. The maximum Gasteiger partial charge on any atom is 0.416 e. The van der Waals surface area contributed by atoms with Gasteiger partial charge >= 0.3 is 12.2 Å². The number of rotatable bonds is 2. The molecule has 2 bridgehead atoms. The average molecular weight is 396 g/mol. The molecular formula is C19H23F3N4O2. The quantitative estimate of drug-likeness (QED) is 0.808. The van der Waals surface area contributed by atoms with E-state index in [1.165, 1.54) is 12.1 Å². The SMILES string of the molecule is O=C1CN(C2CC3CCC(C2)N3C(=O)Nc2ccc(C(F)(F)F)cc2)CCN1. The molecule has 0 saturated carbocycles. The molecule has 3 amide bonds. The predicted molar refractivity (Wildman–Crippen MR) is 96.7 cm³/mol. The van der Waals surface area contributed by atoms with Gasteiger partial charge in [0.25, 0.3) is 0 Å². The minimum atomic E-state index is -4.39. The van der Waals surface area contributed by atoms with E-state index in [0.29, 0.717) is 24.8 Å². The van der Waals surface area contributed by atoms with Crippen LogP contribution in [0.25, 0.3) is 0 Å². The Balaban J connectivity index is 1.39. The van der Waals surface area contributed by atoms with Crippen LogP contribution in [0, 0.1) is 0 Å². The molecule has 1 aromatic rings. The van der Waals surface area contributed by atoms with Crippen LogP contribution in [0.1, 0.15) is 31.2 Å². The van der Waals surface area contributed by atoms with Gasteiger partial charge in [0.15, 0.2) is 0 Å². The number of hydrogen-bond acceptors (Lipinski definition) is 3. The zero-order chi connectivity index (χ0) is 19.9. The monoisotopic (exact) mass is 396 g/mol. The van der Waals surface area contributed by atoms with Gasteiger partial charge in [-0.25, -0.2) is 4.79 Å². The molecule has 9 heteroatoms. The summed E-state index contributed by atoms with van der Waals surface area (Å²) in [5.74, 6) is 0.0427. The van der Waals surface area contributed by atoms with E-state index in [1.54, 1.807) is 0 Å². The second-order valence-corrected chi connectivity index (χ2v) is 7.74. The standard InChI is InChI=1S/C19H23F3N4O2/c20-19(21,22)12-1-3-13(4-2-12)24-18(28)26-14-5-6-15(26)10-16(9-14)25-8-7-23-17(27)11-25/h1-4,14-16H,5-11H2,(H,23,27)(H,24,28). The van der Waals surface area contributed by atoms with E-state index in [2.05, 4.69) is 15.5 Å². The van der Waals surface area contributed by atoms with Crippen molar-refractivity contribution in [3.63, 3.8) is 0 Å². The van der Waals surface area contributed by atoms with Crippen LogP contribution in [0.5, 0.6) is 0 Å². The van der Waals surface area contributed by atoms with Crippen molar-refractivity contribution < 1.29 is 22.8 Å². The molecule has 4 rings (SSSR count). The highest BCUT2D eigenvalue weighted by atomic mass is 19.4. The van der Waals surface area contributed by atoms with Gasteiger partial charge in [0, 0.05) is 36.9 Å². The molecule has 2 atom stereocenters. The molecule has 0 spiro atoms. The number of carbonyl (C=O) groups is 2. The molecular weight excluding hydrogens is 373 g/mol. The maximum atomic E-state index is 12.8. The van der Waals surface area contributed by atoms with E-state index in [1.807, 2.05) is 4.90 Å². The van der Waals surface area contributed by atoms with E-state index in [4.69, 9.17) is 0 Å². The highest BCUT2D eigenvalue weighted by Gasteiger charge is 2.45. The summed E-state index contributed by atoms with van der Waals surface area (Å²) >= 11 is 0. The van der Waals surface area contributed by atoms with Crippen molar-refractivity contribution >= 4 is 17.6 Å². The van der Waals surface area contributed by atoms with Crippen LogP contribution in [-0.4, -0.2) is 59.5 Å². The molecule has 2 unspecified atom stereocenters. The number of alkyl halides is 3. The minimum absolute atomic E-state index is 0.0427. The van der Waals surface area contributed by atoms with Crippen LogP contribution >= 0.6 is 0 Å². The number of piperidine rings is 1. The van der Waals surface area contributed by atoms with Gasteiger partial charge in [0.1, 0.15) is 0 Å². The molecule has 0 aliphatic carbocycles. The van der Waals surface area contributed by atoms with Gasteiger partial charge in [-0.15, -0.1) is 0 Å². The Morgan fingerprint density at radius 1 is 1.07 bits per heavy atom. The first-order valence-corrected chi connectivity index (χ1v) is 9.58. The van der Waals surface area contributed by atoms with Crippen LogP contribution in [0.2, 0.25) is 0 Å². The van der Waals surface area contributed by atoms with E-state index >= 15 is 0 Å². The second-order valence-electron chi connectivity index (χ2n) is 7.74. The van der Waals surface area contributed by atoms with E-state index in [0.717, 1.165) is 44.4 Å². The number of nitrogens with zero attached hydrogens (tertiary/aromatic N) is 2. The second kappa shape index (κ2) is 7.27. The Labute approximate surface area is 161 Å². The lowest BCUT2D eigenvalue weighted by atomic mass is 9.95. The molecule has 3 saturated heterocycles. The molecule has 28 heavy (non-hydrogen) atoms. The summed E-state index contributed by atoms with van der Waals surface area (Å²) in [5, 5.41) is 5.57. The van der Waals surface area contributed by atoms with Gasteiger partial charge in [0.05, 0.1) is 12.1 Å². The van der Waals surface area contributed by atoms with E-state index < -0.39 is 11.7 Å². The van der Waals surface area contributed by atoms with Crippen molar-refractivity contribution in [1.82, 2.24) is 15.1 Å². The summed E-state index contributed by atoms with van der Waals surface area (Å²) in [6.07, 6.45) is -0.910. The number of urea groups is 1. The van der Waals surface area contributed by atoms with Gasteiger partial charge in [-0.2, -0.15) is 13.2 Å². The fourth-order valence-corrected chi connectivity index (χ4v) is 4.68. The predicted octanol–water partition coefficient (Wildman–Crippen LogP) is 2.66. The minimum Gasteiger partial charge on any atom is -0.354 e. The zero-order valence-electron chi connectivity index (χ0n) is 15.3. The molecule has 1 aromatic carbocycles. The summed E-state index contributed by atoms with van der Waals surface area (Å²) in [4.78, 5) is 28.5. The van der Waals surface area contributed by atoms with Crippen LogP contribution in [0.3, 0.4) is 0 Å². The van der Waals surface area contributed by atoms with Crippen LogP contribution in [0.15, 0.2) is 24.3 Å². The number of fused-ring (bicyclic) bond motifs is 2. The third-order valence-corrected chi connectivity index (χ3v) is 5.99. The number of piperazine rings is 1. The van der Waals surface area contributed by atoms with Crippen LogP contribution in [0.4, 0.5) is 23.7 Å². The number of halogens is 3. The van der Waals surface area contributed by atoms with Crippen molar-refractivity contribution in [2.75, 3.05) is 25.0 Å². The first kappa shape index (κ1) is 19.0. The van der Waals surface area contributed by atoms with Crippen LogP contribution < -0.4 is 10.6 Å². The molecule has 2 N–H and O–H groups in total. The van der Waals surface area contributed by atoms with Gasteiger partial charge < -0.3 is 15.5 Å². The molecule has 0 radical (unpaired) electrons. The lowest BCUT2D eigenvalue weighted by molar-refractivity contribution is -0.137. The van der Waals surface area contributed by atoms with Crippen molar-refractivity contribution in [1.29, 1.82) is 0 Å². The highest BCUT2D eigenvalue weighted by molar-refractivity contribution is 5.90. The number of carbonyl (C=O) groups excluding carboxylic acids is 2. The van der Waals surface area contributed by atoms with Gasteiger partial charge in [-0.1, -0.05) is 0 Å². The number of benzene rings is 1. The topological polar surface area (TPSA) is 64.7 Å². The third kappa shape index (κ3) is 3.80. The van der Waals surface area contributed by atoms with Crippen molar-refractivity contribution in [2.24, 2.45) is 0 Å². The zero-order valence-corrected chi connectivity index (χ0v) is 15.3. The molecule has 152 valence electrons. The third-order valence-electron chi connectivity index (χ3n) is 5.99. The van der Waals surface area contributed by atoms with Crippen molar-refractivity contribution in [2.45, 2.75) is 50.0 Å². The number of hydrogen-bond donors (Lipinski definition) is 2. The molecule has 3 heterocycles. The number of anilines is 1. The first-order chi connectivity index (χ1) is 13.3. The Hall–Kier alpha value is -2.29. The van der Waals surface area contributed by atoms with E-state index in [9.17, 15) is 22.8 Å². The molecule has 3 aliphatic rings. The van der Waals surface area contributed by atoms with E-state index in [-0.39, 0.29) is 24.0 Å². The summed E-state index contributed by atoms with van der Waals surface area (Å²) in [7, 11) is 0. The summed E-state index contributed by atoms with van der Waals surface area (Å²) in [6, 6.07) is 4.73. The van der Waals surface area contributed by atoms with Gasteiger partial charge in [0.2, 0.25) is 5.91 Å². The molecule has 3 fully saturated rings. The average Bonchev–Trinajstić information content (AvgIpc) is 2.91. The van der Waals surface area contributed by atoms with Gasteiger partial charge in [-0.3, -0.25) is 9.69 Å². The maximum absolute atomic E-state index is 12.8. The summed E-state index contributed by atoms with van der Waals surface area (Å²) < 4.78 is 38.0. The first-order valence-electron chi connectivity index (χ1n) is 9.58. The largest absolute Gasteiger partial charge is 0.416 e. The number of nitrogens with one attached hydrogen (secondary N) is 2. The lowest BCUT2D eigenvalue weighted by Gasteiger charge is -2.44. The summed E-state index contributed by atoms with van der Waals surface area (Å²) in [6.45, 7) is 1.89. The number of amides is 3. The Morgan fingerprint density at radius 3 is 2.29 bits per heavy atom. The summed E-state index contributed by atoms with van der Waals surface area (Å²) in [5.41, 5.74) is -0.385.